The highest BCUT2D eigenvalue weighted by molar-refractivity contribution is 5.91. The van der Waals surface area contributed by atoms with Crippen LogP contribution >= 0.6 is 0 Å². The number of hydrogen-bond donors (Lipinski definition) is 0. The third kappa shape index (κ3) is 14.9. The van der Waals surface area contributed by atoms with Crippen molar-refractivity contribution in [1.82, 2.24) is 0 Å². The van der Waals surface area contributed by atoms with Crippen molar-refractivity contribution in [3.05, 3.63) is 115 Å². The van der Waals surface area contributed by atoms with Crippen LogP contribution in [-0.4, -0.2) is 56.4 Å². The second-order valence-electron chi connectivity index (χ2n) is 13.2. The van der Waals surface area contributed by atoms with E-state index in [-0.39, 0.29) is 12.1 Å². The first-order chi connectivity index (χ1) is 26.3. The highest BCUT2D eigenvalue weighted by Crippen LogP contribution is 2.35. The van der Waals surface area contributed by atoms with Crippen molar-refractivity contribution in [3.63, 3.8) is 0 Å². The second-order valence-corrected chi connectivity index (χ2v) is 13.2. The van der Waals surface area contributed by atoms with Crippen LogP contribution in [0.3, 0.4) is 0 Å². The summed E-state index contributed by atoms with van der Waals surface area (Å²) in [6, 6.07) is 21.6. The molecule has 0 N–H and O–H groups in total. The summed E-state index contributed by atoms with van der Waals surface area (Å²) in [6.45, 7) is 8.68. The van der Waals surface area contributed by atoms with Crippen molar-refractivity contribution < 1.29 is 47.6 Å². The van der Waals surface area contributed by atoms with Gasteiger partial charge in [0.25, 0.3) is 0 Å². The minimum absolute atomic E-state index is 0.131. The summed E-state index contributed by atoms with van der Waals surface area (Å²) in [4.78, 5) is 47.6. The molecule has 0 aliphatic heterocycles. The number of benzene rings is 3. The minimum atomic E-state index is -0.440. The summed E-state index contributed by atoms with van der Waals surface area (Å²) in [6.07, 6.45) is 12.7. The number of hydrogen-bond acceptors (Lipinski definition) is 10. The van der Waals surface area contributed by atoms with Crippen molar-refractivity contribution in [2.75, 3.05) is 26.4 Å². The lowest BCUT2D eigenvalue weighted by Crippen LogP contribution is -2.24. The van der Waals surface area contributed by atoms with E-state index in [1.807, 2.05) is 24.3 Å². The van der Waals surface area contributed by atoms with E-state index in [1.54, 1.807) is 48.5 Å². The zero-order chi connectivity index (χ0) is 38.4. The first kappa shape index (κ1) is 41.4. The van der Waals surface area contributed by atoms with Gasteiger partial charge < -0.3 is 28.4 Å². The Labute approximate surface area is 318 Å². The molecule has 1 fully saturated rings. The molecule has 0 radical (unpaired) electrons. The molecule has 10 nitrogen and oxygen atoms in total. The van der Waals surface area contributed by atoms with E-state index in [0.717, 1.165) is 83.1 Å². The molecule has 0 saturated heterocycles. The fraction of sp³-hybridized carbons (Fsp3) is 0.409. The monoisotopic (exact) mass is 740 g/mol. The van der Waals surface area contributed by atoms with Crippen LogP contribution in [0.4, 0.5) is 0 Å². The summed E-state index contributed by atoms with van der Waals surface area (Å²) in [5.74, 6) is 0.642. The number of carbonyl (C=O) groups is 4. The van der Waals surface area contributed by atoms with E-state index < -0.39 is 17.9 Å². The quantitative estimate of drug-likeness (QED) is 0.0306. The number of rotatable bonds is 23. The van der Waals surface area contributed by atoms with Crippen molar-refractivity contribution in [3.8, 4) is 17.2 Å². The van der Waals surface area contributed by atoms with E-state index in [2.05, 4.69) is 13.2 Å². The minimum Gasteiger partial charge on any atom is -0.494 e. The number of unbranched alkanes of at least 4 members (excludes halogenated alkanes) is 6. The third-order valence-electron chi connectivity index (χ3n) is 9.13. The maximum Gasteiger partial charge on any atom is 0.343 e. The summed E-state index contributed by atoms with van der Waals surface area (Å²) in [5, 5.41) is 0. The molecule has 1 saturated carbocycles. The third-order valence-corrected chi connectivity index (χ3v) is 9.13. The number of carbonyl (C=O) groups excluding carboxylic acids is 4. The molecule has 0 amide bonds. The van der Waals surface area contributed by atoms with Gasteiger partial charge in [-0.25, -0.2) is 19.2 Å². The summed E-state index contributed by atoms with van der Waals surface area (Å²) >= 11 is 0. The largest absolute Gasteiger partial charge is 0.494 e. The Morgan fingerprint density at radius 2 is 0.944 bits per heavy atom. The Balaban J connectivity index is 1.08. The van der Waals surface area contributed by atoms with Gasteiger partial charge in [0.05, 0.1) is 37.6 Å². The van der Waals surface area contributed by atoms with E-state index >= 15 is 0 Å². The zero-order valence-electron chi connectivity index (χ0n) is 31.0. The van der Waals surface area contributed by atoms with Crippen LogP contribution in [0.2, 0.25) is 0 Å². The van der Waals surface area contributed by atoms with Crippen molar-refractivity contribution in [1.29, 1.82) is 0 Å². The molecule has 1 aliphatic rings. The Kier molecular flexibility index (Phi) is 17.9. The predicted molar refractivity (Wildman–Crippen MR) is 205 cm³/mol. The topological polar surface area (TPSA) is 124 Å². The fourth-order valence-corrected chi connectivity index (χ4v) is 6.04. The SMILES string of the molecule is C=CC(=O)OCCCCCCOc1ccc(C(=O)Oc2ccc(C3CCC(OC(=O)c4ccc(OCCCCCCOC(=O)C=C)cc4)CC3)cc2)cc1. The van der Waals surface area contributed by atoms with E-state index in [9.17, 15) is 19.2 Å². The molecule has 0 spiro atoms. The standard InChI is InChI=1S/C44H52O10/c1-3-41(45)51-31-11-7-5-9-29-49-37-21-17-35(18-22-37)43(47)53-39-25-13-33(14-26-39)34-15-27-40(28-16-34)54-44(48)36-19-23-38(24-20-36)50-30-10-6-8-12-32-52-42(46)4-2/h3-4,13-14,17-26,34,40H,1-2,5-12,15-16,27-32H2. The van der Waals surface area contributed by atoms with Gasteiger partial charge in [-0.3, -0.25) is 0 Å². The molecule has 4 rings (SSSR count). The zero-order valence-corrected chi connectivity index (χ0v) is 31.0. The first-order valence-corrected chi connectivity index (χ1v) is 18.9. The predicted octanol–water partition coefficient (Wildman–Crippen LogP) is 9.13. The van der Waals surface area contributed by atoms with Gasteiger partial charge in [-0.05, 0) is 149 Å². The Morgan fingerprint density at radius 1 is 0.519 bits per heavy atom. The molecule has 0 aromatic heterocycles. The van der Waals surface area contributed by atoms with Gasteiger partial charge in [0.2, 0.25) is 0 Å². The van der Waals surface area contributed by atoms with Gasteiger partial charge >= 0.3 is 23.9 Å². The molecule has 3 aromatic rings. The van der Waals surface area contributed by atoms with E-state index in [1.165, 1.54) is 11.6 Å². The maximum absolute atomic E-state index is 12.8. The Hall–Kier alpha value is -5.38. The number of ether oxygens (including phenoxy) is 6. The molecule has 54 heavy (non-hydrogen) atoms. The lowest BCUT2D eigenvalue weighted by atomic mass is 9.83. The van der Waals surface area contributed by atoms with Crippen molar-refractivity contribution in [2.45, 2.75) is 89.1 Å². The molecule has 3 aromatic carbocycles. The van der Waals surface area contributed by atoms with Crippen molar-refractivity contribution >= 4 is 23.9 Å². The van der Waals surface area contributed by atoms with Crippen LogP contribution in [0.25, 0.3) is 0 Å². The van der Waals surface area contributed by atoms with Gasteiger partial charge in [0.15, 0.2) is 0 Å². The molecular weight excluding hydrogens is 688 g/mol. The summed E-state index contributed by atoms with van der Waals surface area (Å²) < 4.78 is 33.0. The van der Waals surface area contributed by atoms with Crippen LogP contribution < -0.4 is 14.2 Å². The smallest absolute Gasteiger partial charge is 0.343 e. The molecular formula is C44H52O10. The van der Waals surface area contributed by atoms with Crippen LogP contribution in [0, 0.1) is 0 Å². The highest BCUT2D eigenvalue weighted by atomic mass is 16.5. The fourth-order valence-electron chi connectivity index (χ4n) is 6.04. The molecule has 288 valence electrons. The van der Waals surface area contributed by atoms with Gasteiger partial charge in [0.1, 0.15) is 23.4 Å². The van der Waals surface area contributed by atoms with E-state index in [0.29, 0.717) is 60.7 Å². The van der Waals surface area contributed by atoms with Gasteiger partial charge in [-0.15, -0.1) is 0 Å². The summed E-state index contributed by atoms with van der Waals surface area (Å²) in [5.41, 5.74) is 2.10. The van der Waals surface area contributed by atoms with Crippen LogP contribution in [0.1, 0.15) is 109 Å². The molecule has 1 aliphatic carbocycles. The average Bonchev–Trinajstić information content (AvgIpc) is 3.20. The maximum atomic E-state index is 12.8. The molecule has 0 heterocycles. The van der Waals surface area contributed by atoms with Crippen LogP contribution in [0.5, 0.6) is 17.2 Å². The van der Waals surface area contributed by atoms with Crippen LogP contribution in [0.15, 0.2) is 98.1 Å². The van der Waals surface area contributed by atoms with Gasteiger partial charge in [-0.2, -0.15) is 0 Å². The van der Waals surface area contributed by atoms with E-state index in [4.69, 9.17) is 28.4 Å². The van der Waals surface area contributed by atoms with Gasteiger partial charge in [-0.1, -0.05) is 25.3 Å². The lowest BCUT2D eigenvalue weighted by Gasteiger charge is -2.28. The average molecular weight is 741 g/mol. The lowest BCUT2D eigenvalue weighted by molar-refractivity contribution is -0.138. The molecule has 0 unspecified atom stereocenters. The molecule has 0 bridgehead atoms. The highest BCUT2D eigenvalue weighted by Gasteiger charge is 2.25. The normalized spacial score (nSPS) is 15.0. The second kappa shape index (κ2) is 23.3. The Bertz CT molecular complexity index is 1620. The van der Waals surface area contributed by atoms with Crippen LogP contribution in [-0.2, 0) is 23.8 Å². The number of esters is 4. The molecule has 0 atom stereocenters. The van der Waals surface area contributed by atoms with Crippen molar-refractivity contribution in [2.24, 2.45) is 0 Å². The molecule has 10 heteroatoms. The summed E-state index contributed by atoms with van der Waals surface area (Å²) in [7, 11) is 0. The van der Waals surface area contributed by atoms with Gasteiger partial charge in [0, 0.05) is 12.2 Å². The Morgan fingerprint density at radius 3 is 1.41 bits per heavy atom. The first-order valence-electron chi connectivity index (χ1n) is 18.9.